The first-order valence-electron chi connectivity index (χ1n) is 5.48. The smallest absolute Gasteiger partial charge is 0.325 e. The summed E-state index contributed by atoms with van der Waals surface area (Å²) in [7, 11) is 0. The van der Waals surface area contributed by atoms with Crippen molar-refractivity contribution in [3.63, 3.8) is 0 Å². The Balaban J connectivity index is 2.76. The van der Waals surface area contributed by atoms with Crippen LogP contribution < -0.4 is 10.1 Å². The molecular weight excluding hydrogens is 222 g/mol. The van der Waals surface area contributed by atoms with Gasteiger partial charge in [-0.3, -0.25) is 10.1 Å². The van der Waals surface area contributed by atoms with E-state index in [1.807, 2.05) is 6.92 Å². The second-order valence-corrected chi connectivity index (χ2v) is 3.45. The maximum absolute atomic E-state index is 11.0. The summed E-state index contributed by atoms with van der Waals surface area (Å²) in [5, 5.41) is 20.5. The summed E-state index contributed by atoms with van der Waals surface area (Å²) in [6, 6.07) is 6.06. The number of rotatable bonds is 7. The van der Waals surface area contributed by atoms with E-state index in [0.29, 0.717) is 17.9 Å². The predicted octanol–water partition coefficient (Wildman–Crippen LogP) is 0.793. The van der Waals surface area contributed by atoms with E-state index < -0.39 is 12.0 Å². The molecule has 5 heteroatoms. The molecule has 1 rings (SSSR count). The third-order valence-electron chi connectivity index (χ3n) is 2.23. The minimum Gasteiger partial charge on any atom is -0.494 e. The van der Waals surface area contributed by atoms with Crippen LogP contribution in [0.25, 0.3) is 0 Å². The highest BCUT2D eigenvalue weighted by atomic mass is 16.5. The largest absolute Gasteiger partial charge is 0.494 e. The zero-order valence-electron chi connectivity index (χ0n) is 9.72. The standard InChI is InChI=1S/C12H17NO4/c1-2-17-10-5-3-9(4-6-10)11(12(15)16)13-7-8-14/h3-6,11,13-14H,2,7-8H2,1H3,(H,15,16). The van der Waals surface area contributed by atoms with Crippen LogP contribution in [0.15, 0.2) is 24.3 Å². The predicted molar refractivity (Wildman–Crippen MR) is 63.1 cm³/mol. The van der Waals surface area contributed by atoms with Gasteiger partial charge in [0.25, 0.3) is 0 Å². The molecule has 94 valence electrons. The first-order chi connectivity index (χ1) is 8.19. The van der Waals surface area contributed by atoms with E-state index >= 15 is 0 Å². The number of ether oxygens (including phenoxy) is 1. The van der Waals surface area contributed by atoms with Gasteiger partial charge in [0.2, 0.25) is 0 Å². The average Bonchev–Trinajstić information content (AvgIpc) is 2.31. The first-order valence-corrected chi connectivity index (χ1v) is 5.48. The lowest BCUT2D eigenvalue weighted by molar-refractivity contribution is -0.139. The summed E-state index contributed by atoms with van der Waals surface area (Å²) in [5.41, 5.74) is 0.634. The summed E-state index contributed by atoms with van der Waals surface area (Å²) in [5.74, 6) is -0.259. The van der Waals surface area contributed by atoms with Gasteiger partial charge < -0.3 is 14.9 Å². The van der Waals surface area contributed by atoms with Crippen LogP contribution in [0.2, 0.25) is 0 Å². The Morgan fingerprint density at radius 1 is 1.41 bits per heavy atom. The van der Waals surface area contributed by atoms with Gasteiger partial charge in [0.15, 0.2) is 0 Å². The molecule has 17 heavy (non-hydrogen) atoms. The highest BCUT2D eigenvalue weighted by molar-refractivity contribution is 5.75. The van der Waals surface area contributed by atoms with Crippen molar-refractivity contribution in [2.45, 2.75) is 13.0 Å². The first kappa shape index (κ1) is 13.5. The van der Waals surface area contributed by atoms with E-state index in [4.69, 9.17) is 14.9 Å². The Morgan fingerprint density at radius 2 is 2.06 bits per heavy atom. The van der Waals surface area contributed by atoms with E-state index in [0.717, 1.165) is 0 Å². The maximum atomic E-state index is 11.0. The van der Waals surface area contributed by atoms with Crippen LogP contribution in [0.3, 0.4) is 0 Å². The topological polar surface area (TPSA) is 78.8 Å². The molecule has 0 fully saturated rings. The highest BCUT2D eigenvalue weighted by Crippen LogP contribution is 2.18. The van der Waals surface area contributed by atoms with Gasteiger partial charge in [-0.2, -0.15) is 0 Å². The number of hydrogen-bond acceptors (Lipinski definition) is 4. The van der Waals surface area contributed by atoms with Gasteiger partial charge in [0.1, 0.15) is 11.8 Å². The molecule has 0 amide bonds. The second-order valence-electron chi connectivity index (χ2n) is 3.45. The number of nitrogens with one attached hydrogen (secondary N) is 1. The summed E-state index contributed by atoms with van der Waals surface area (Å²) in [4.78, 5) is 11.0. The fraction of sp³-hybridized carbons (Fsp3) is 0.417. The van der Waals surface area contributed by atoms with Gasteiger partial charge in [0, 0.05) is 6.54 Å². The number of benzene rings is 1. The molecule has 1 aromatic rings. The number of hydrogen-bond donors (Lipinski definition) is 3. The molecule has 0 saturated carbocycles. The van der Waals surface area contributed by atoms with Crippen LogP contribution >= 0.6 is 0 Å². The SMILES string of the molecule is CCOc1ccc(C(NCCO)C(=O)O)cc1. The summed E-state index contributed by atoms with van der Waals surface area (Å²) < 4.78 is 5.27. The number of carbonyl (C=O) groups is 1. The van der Waals surface area contributed by atoms with E-state index in [9.17, 15) is 4.79 Å². The molecule has 1 unspecified atom stereocenters. The Labute approximate surface area is 100 Å². The van der Waals surface area contributed by atoms with Gasteiger partial charge in [0.05, 0.1) is 13.2 Å². The van der Waals surface area contributed by atoms with Gasteiger partial charge in [-0.15, -0.1) is 0 Å². The molecule has 1 aromatic carbocycles. The van der Waals surface area contributed by atoms with Crippen LogP contribution in [0, 0.1) is 0 Å². The number of aliphatic carboxylic acids is 1. The fourth-order valence-electron chi connectivity index (χ4n) is 1.48. The van der Waals surface area contributed by atoms with Crippen LogP contribution in [0.1, 0.15) is 18.5 Å². The lowest BCUT2D eigenvalue weighted by Gasteiger charge is -2.14. The van der Waals surface area contributed by atoms with Gasteiger partial charge >= 0.3 is 5.97 Å². The highest BCUT2D eigenvalue weighted by Gasteiger charge is 2.18. The van der Waals surface area contributed by atoms with Crippen molar-refractivity contribution in [3.05, 3.63) is 29.8 Å². The molecule has 0 aliphatic heterocycles. The van der Waals surface area contributed by atoms with Crippen LogP contribution in [-0.4, -0.2) is 35.9 Å². The van der Waals surface area contributed by atoms with Crippen molar-refractivity contribution in [1.82, 2.24) is 5.32 Å². The van der Waals surface area contributed by atoms with Gasteiger partial charge in [-0.25, -0.2) is 0 Å². The fourth-order valence-corrected chi connectivity index (χ4v) is 1.48. The Bertz CT molecular complexity index is 350. The number of aliphatic hydroxyl groups is 1. The molecule has 0 aromatic heterocycles. The van der Waals surface area contributed by atoms with Crippen LogP contribution in [0.5, 0.6) is 5.75 Å². The normalized spacial score (nSPS) is 12.1. The lowest BCUT2D eigenvalue weighted by atomic mass is 10.1. The van der Waals surface area contributed by atoms with Crippen molar-refractivity contribution in [2.24, 2.45) is 0 Å². The van der Waals surface area contributed by atoms with E-state index in [2.05, 4.69) is 5.32 Å². The summed E-state index contributed by atoms with van der Waals surface area (Å²) in [6.07, 6.45) is 0. The van der Waals surface area contributed by atoms with E-state index in [-0.39, 0.29) is 13.2 Å². The molecule has 0 radical (unpaired) electrons. The van der Waals surface area contributed by atoms with Crippen molar-refractivity contribution in [3.8, 4) is 5.75 Å². The minimum absolute atomic E-state index is 0.0964. The van der Waals surface area contributed by atoms with Crippen LogP contribution in [-0.2, 0) is 4.79 Å². The third-order valence-corrected chi connectivity index (χ3v) is 2.23. The van der Waals surface area contributed by atoms with Gasteiger partial charge in [-0.05, 0) is 24.6 Å². The molecule has 0 spiro atoms. The Kier molecular flexibility index (Phi) is 5.45. The monoisotopic (exact) mass is 239 g/mol. The second kappa shape index (κ2) is 6.88. The van der Waals surface area contributed by atoms with Crippen molar-refractivity contribution < 1.29 is 19.7 Å². The maximum Gasteiger partial charge on any atom is 0.325 e. The number of carboxylic acid groups (broad SMARTS) is 1. The average molecular weight is 239 g/mol. The molecule has 0 heterocycles. The summed E-state index contributed by atoms with van der Waals surface area (Å²) in [6.45, 7) is 2.60. The lowest BCUT2D eigenvalue weighted by Crippen LogP contribution is -2.30. The van der Waals surface area contributed by atoms with Crippen molar-refractivity contribution in [2.75, 3.05) is 19.8 Å². The molecule has 5 nitrogen and oxygen atoms in total. The molecule has 0 aliphatic rings. The third kappa shape index (κ3) is 4.05. The molecule has 0 bridgehead atoms. The molecule has 0 saturated heterocycles. The number of aliphatic hydroxyl groups excluding tert-OH is 1. The minimum atomic E-state index is -0.970. The molecular formula is C12H17NO4. The molecule has 3 N–H and O–H groups in total. The van der Waals surface area contributed by atoms with E-state index in [1.165, 1.54) is 0 Å². The quantitative estimate of drug-likeness (QED) is 0.655. The zero-order valence-corrected chi connectivity index (χ0v) is 9.72. The van der Waals surface area contributed by atoms with Crippen molar-refractivity contribution in [1.29, 1.82) is 0 Å². The Hall–Kier alpha value is -1.59. The number of carboxylic acids is 1. The van der Waals surface area contributed by atoms with Crippen LogP contribution in [0.4, 0.5) is 0 Å². The Morgan fingerprint density at radius 3 is 2.53 bits per heavy atom. The van der Waals surface area contributed by atoms with Crippen molar-refractivity contribution >= 4 is 5.97 Å². The van der Waals surface area contributed by atoms with Gasteiger partial charge in [-0.1, -0.05) is 12.1 Å². The summed E-state index contributed by atoms with van der Waals surface area (Å²) >= 11 is 0. The molecule has 0 aliphatic carbocycles. The van der Waals surface area contributed by atoms with E-state index in [1.54, 1.807) is 24.3 Å². The zero-order chi connectivity index (χ0) is 12.7. The molecule has 1 atom stereocenters.